The molecular weight excluding hydrogens is 540 g/mol. The van der Waals surface area contributed by atoms with Gasteiger partial charge >= 0.3 is 6.18 Å². The summed E-state index contributed by atoms with van der Waals surface area (Å²) in [7, 11) is 0. The molecule has 12 heteroatoms. The molecule has 2 aromatic heterocycles. The van der Waals surface area contributed by atoms with Crippen LogP contribution in [0.15, 0.2) is 36.8 Å². The first-order valence-corrected chi connectivity index (χ1v) is 14.1. The van der Waals surface area contributed by atoms with E-state index in [0.29, 0.717) is 17.5 Å². The third kappa shape index (κ3) is 5.63. The predicted molar refractivity (Wildman–Crippen MR) is 144 cm³/mol. The predicted octanol–water partition coefficient (Wildman–Crippen LogP) is 5.54. The second-order valence-corrected chi connectivity index (χ2v) is 12.1. The second kappa shape index (κ2) is 10.5. The average Bonchev–Trinajstić information content (AvgIpc) is 3.33. The number of ether oxygens (including phenoxy) is 1. The molecule has 41 heavy (non-hydrogen) atoms. The fourth-order valence-corrected chi connectivity index (χ4v) is 6.60. The van der Waals surface area contributed by atoms with Gasteiger partial charge in [-0.3, -0.25) is 4.68 Å². The lowest BCUT2D eigenvalue weighted by molar-refractivity contribution is -0.141. The van der Waals surface area contributed by atoms with Crippen molar-refractivity contribution in [2.24, 2.45) is 11.3 Å². The van der Waals surface area contributed by atoms with E-state index in [4.69, 9.17) is 4.74 Å². The van der Waals surface area contributed by atoms with E-state index in [-0.39, 0.29) is 28.5 Å². The summed E-state index contributed by atoms with van der Waals surface area (Å²) in [6, 6.07) is 4.27. The van der Waals surface area contributed by atoms with Crippen molar-refractivity contribution in [3.63, 3.8) is 0 Å². The van der Waals surface area contributed by atoms with Crippen molar-refractivity contribution in [3.05, 3.63) is 48.3 Å². The number of hydrogen-bond donors (Lipinski definition) is 1. The molecule has 1 saturated carbocycles. The molecule has 3 aliphatic rings. The van der Waals surface area contributed by atoms with Crippen molar-refractivity contribution >= 4 is 5.82 Å². The zero-order chi connectivity index (χ0) is 28.9. The number of alkyl halides is 3. The van der Waals surface area contributed by atoms with Gasteiger partial charge in [0.05, 0.1) is 18.0 Å². The summed E-state index contributed by atoms with van der Waals surface area (Å²) in [5, 5.41) is 13.7. The highest BCUT2D eigenvalue weighted by Crippen LogP contribution is 2.46. The third-order valence-corrected chi connectivity index (χ3v) is 8.35. The Hall–Kier alpha value is -3.25. The molecule has 220 valence electrons. The van der Waals surface area contributed by atoms with Gasteiger partial charge in [0.2, 0.25) is 0 Å². The molecule has 3 fully saturated rings. The van der Waals surface area contributed by atoms with Crippen LogP contribution < -0.4 is 9.64 Å². The van der Waals surface area contributed by atoms with Crippen molar-refractivity contribution in [1.29, 1.82) is 0 Å². The Kier molecular flexibility index (Phi) is 7.17. The summed E-state index contributed by atoms with van der Waals surface area (Å²) in [4.78, 5) is 13.1. The van der Waals surface area contributed by atoms with Crippen molar-refractivity contribution in [2.45, 2.75) is 57.9 Å². The summed E-state index contributed by atoms with van der Waals surface area (Å²) in [6.07, 6.45) is 2.20. The maximum absolute atomic E-state index is 14.4. The lowest BCUT2D eigenvalue weighted by Gasteiger charge is -2.61. The molecule has 0 amide bonds. The maximum Gasteiger partial charge on any atom is 0.435 e. The lowest BCUT2D eigenvalue weighted by Crippen LogP contribution is -2.72. The Labute approximate surface area is 236 Å². The molecule has 1 spiro atoms. The van der Waals surface area contributed by atoms with Crippen molar-refractivity contribution in [2.75, 3.05) is 37.6 Å². The van der Waals surface area contributed by atoms with Gasteiger partial charge in [0.15, 0.2) is 17.3 Å². The molecule has 1 aliphatic carbocycles. The van der Waals surface area contributed by atoms with Crippen molar-refractivity contribution in [3.8, 4) is 22.8 Å². The number of anilines is 1. The Morgan fingerprint density at radius 2 is 1.88 bits per heavy atom. The van der Waals surface area contributed by atoms with Gasteiger partial charge in [0, 0.05) is 49.7 Å². The third-order valence-electron chi connectivity index (χ3n) is 8.35. The molecular formula is C29H34F4N6O2. The summed E-state index contributed by atoms with van der Waals surface area (Å²) in [5.74, 6) is 1.05. The molecule has 0 radical (unpaired) electrons. The minimum absolute atomic E-state index is 0.100. The first-order chi connectivity index (χ1) is 19.5. The largest absolute Gasteiger partial charge is 0.451 e. The van der Waals surface area contributed by atoms with Crippen LogP contribution in [0.5, 0.6) is 11.5 Å². The van der Waals surface area contributed by atoms with E-state index < -0.39 is 23.7 Å². The highest BCUT2D eigenvalue weighted by Gasteiger charge is 2.52. The van der Waals surface area contributed by atoms with E-state index in [1.165, 1.54) is 35.8 Å². The number of nitrogens with zero attached hydrogens (tertiary/aromatic N) is 6. The van der Waals surface area contributed by atoms with Crippen LogP contribution in [0.25, 0.3) is 11.3 Å². The van der Waals surface area contributed by atoms with Gasteiger partial charge in [-0.05, 0) is 63.3 Å². The van der Waals surface area contributed by atoms with E-state index in [9.17, 15) is 22.7 Å². The van der Waals surface area contributed by atoms with E-state index in [2.05, 4.69) is 24.9 Å². The highest BCUT2D eigenvalue weighted by molar-refractivity contribution is 5.70. The highest BCUT2D eigenvalue weighted by atomic mass is 19.4. The number of aliphatic hydroxyl groups excluding tert-OH is 1. The number of likely N-dealkylation sites (tertiary alicyclic amines) is 1. The van der Waals surface area contributed by atoms with Gasteiger partial charge in [-0.25, -0.2) is 14.4 Å². The van der Waals surface area contributed by atoms with Crippen LogP contribution in [0.4, 0.5) is 23.4 Å². The van der Waals surface area contributed by atoms with Gasteiger partial charge in [0.25, 0.3) is 0 Å². The molecule has 1 N–H and O–H groups in total. The lowest BCUT2D eigenvalue weighted by atomic mass is 9.72. The summed E-state index contributed by atoms with van der Waals surface area (Å²) < 4.78 is 62.3. The normalized spacial score (nSPS) is 22.6. The SMILES string of the molecule is CC(C)n1nc(C(F)(F)F)cc1-c1cc(F)ccc1Oc1cncnc1N1CC2(CN(CC3CCCC(O)C3)C2)C1. The van der Waals surface area contributed by atoms with Crippen LogP contribution in [-0.4, -0.2) is 68.6 Å². The number of halogens is 4. The number of benzene rings is 1. The van der Waals surface area contributed by atoms with E-state index in [1.807, 2.05) is 0 Å². The zero-order valence-electron chi connectivity index (χ0n) is 23.1. The average molecular weight is 575 g/mol. The van der Waals surface area contributed by atoms with Crippen molar-refractivity contribution < 1.29 is 27.4 Å². The van der Waals surface area contributed by atoms with E-state index in [1.54, 1.807) is 13.8 Å². The number of aromatic nitrogens is 4. The molecule has 2 saturated heterocycles. The molecule has 2 aliphatic heterocycles. The van der Waals surface area contributed by atoms with Gasteiger partial charge in [-0.2, -0.15) is 18.3 Å². The first kappa shape index (κ1) is 27.9. The molecule has 4 heterocycles. The Morgan fingerprint density at radius 1 is 1.10 bits per heavy atom. The standard InChI is InChI=1S/C29H34F4N6O2/c1-18(2)39-23(10-26(36-39)29(31,32)33)22-9-20(30)6-7-24(22)41-25-11-34-17-35-27(25)38-15-28(16-38)13-37(14-28)12-19-4-3-5-21(40)8-19/h6-7,9-11,17-19,21,40H,3-5,8,12-16H2,1-2H3. The van der Waals surface area contributed by atoms with Gasteiger partial charge in [-0.15, -0.1) is 0 Å². The molecule has 3 aromatic rings. The van der Waals surface area contributed by atoms with E-state index in [0.717, 1.165) is 64.1 Å². The fraction of sp³-hybridized carbons (Fsp3) is 0.552. The Morgan fingerprint density at radius 3 is 2.59 bits per heavy atom. The van der Waals surface area contributed by atoms with Crippen molar-refractivity contribution in [1.82, 2.24) is 24.6 Å². The molecule has 1 aromatic carbocycles. The fourth-order valence-electron chi connectivity index (χ4n) is 6.60. The maximum atomic E-state index is 14.4. The number of aliphatic hydroxyl groups is 1. The molecule has 8 nitrogen and oxygen atoms in total. The molecule has 2 unspecified atom stereocenters. The summed E-state index contributed by atoms with van der Waals surface area (Å²) in [5.41, 5.74) is -0.614. The van der Waals surface area contributed by atoms with Crippen LogP contribution >= 0.6 is 0 Å². The zero-order valence-corrected chi connectivity index (χ0v) is 23.1. The minimum Gasteiger partial charge on any atom is -0.451 e. The molecule has 6 rings (SSSR count). The first-order valence-electron chi connectivity index (χ1n) is 14.1. The van der Waals surface area contributed by atoms with Gasteiger partial charge < -0.3 is 19.6 Å². The second-order valence-electron chi connectivity index (χ2n) is 12.1. The van der Waals surface area contributed by atoms with Crippen LogP contribution in [0.3, 0.4) is 0 Å². The minimum atomic E-state index is -4.65. The Bertz CT molecular complexity index is 1400. The van der Waals surface area contributed by atoms with Gasteiger partial charge in [-0.1, -0.05) is 6.42 Å². The smallest absolute Gasteiger partial charge is 0.435 e. The monoisotopic (exact) mass is 574 g/mol. The van der Waals surface area contributed by atoms with Crippen LogP contribution in [0.1, 0.15) is 51.3 Å². The van der Waals surface area contributed by atoms with Crippen LogP contribution in [0.2, 0.25) is 0 Å². The molecule has 2 atom stereocenters. The quantitative estimate of drug-likeness (QED) is 0.371. The molecule has 0 bridgehead atoms. The summed E-state index contributed by atoms with van der Waals surface area (Å²) >= 11 is 0. The summed E-state index contributed by atoms with van der Waals surface area (Å²) in [6.45, 7) is 8.04. The number of rotatable bonds is 7. The number of hydrogen-bond acceptors (Lipinski definition) is 7. The van der Waals surface area contributed by atoms with Gasteiger partial charge in [0.1, 0.15) is 17.9 Å². The van der Waals surface area contributed by atoms with E-state index >= 15 is 0 Å². The van der Waals surface area contributed by atoms with Crippen LogP contribution in [-0.2, 0) is 6.18 Å². The van der Waals surface area contributed by atoms with Crippen LogP contribution in [0, 0.1) is 17.2 Å². The Balaban J connectivity index is 1.18. The topological polar surface area (TPSA) is 79.5 Å².